The maximum Gasteiger partial charge on any atom is 0.251 e. The average Bonchev–Trinajstić information content (AvgIpc) is 3.05. The van der Waals surface area contributed by atoms with Crippen LogP contribution in [0.1, 0.15) is 85.2 Å². The monoisotopic (exact) mass is 564 g/mol. The molecule has 42 heavy (non-hydrogen) atoms. The van der Waals surface area contributed by atoms with Crippen molar-refractivity contribution >= 4 is 17.7 Å². The number of hydrogen-bond donors (Lipinski definition) is 3. The van der Waals surface area contributed by atoms with Gasteiger partial charge in [-0.25, -0.2) is 0 Å². The summed E-state index contributed by atoms with van der Waals surface area (Å²) >= 11 is 0. The van der Waals surface area contributed by atoms with E-state index in [1.165, 1.54) is 0 Å². The Morgan fingerprint density at radius 3 is 0.905 bits per heavy atom. The molecule has 0 aliphatic carbocycles. The zero-order valence-corrected chi connectivity index (χ0v) is 24.2. The number of nitrogens with zero attached hydrogens (tertiary/aromatic N) is 3. The highest BCUT2D eigenvalue weighted by Gasteiger charge is 2.23. The molecule has 3 N–H and O–H groups in total. The Morgan fingerprint density at radius 2 is 0.690 bits per heavy atom. The highest BCUT2D eigenvalue weighted by molar-refractivity contribution is 5.95. The molecule has 0 atom stereocenters. The highest BCUT2D eigenvalue weighted by Crippen LogP contribution is 2.31. The zero-order chi connectivity index (χ0) is 29.9. The van der Waals surface area contributed by atoms with Crippen molar-refractivity contribution in [1.82, 2.24) is 30.9 Å². The van der Waals surface area contributed by atoms with Crippen molar-refractivity contribution in [3.05, 3.63) is 124 Å². The van der Waals surface area contributed by atoms with Crippen LogP contribution in [0, 0.1) is 0 Å². The third-order valence-corrected chi connectivity index (χ3v) is 7.35. The molecule has 0 saturated heterocycles. The number of carbonyl (C=O) groups is 3. The number of amides is 3. The van der Waals surface area contributed by atoms with Crippen LogP contribution in [-0.4, -0.2) is 32.7 Å². The van der Waals surface area contributed by atoms with Gasteiger partial charge in [-0.3, -0.25) is 29.3 Å². The minimum Gasteiger partial charge on any atom is -0.348 e. The first-order valence-electron chi connectivity index (χ1n) is 14.2. The van der Waals surface area contributed by atoms with Crippen molar-refractivity contribution < 1.29 is 14.4 Å². The van der Waals surface area contributed by atoms with Crippen LogP contribution >= 0.6 is 0 Å². The van der Waals surface area contributed by atoms with Crippen molar-refractivity contribution in [1.29, 1.82) is 0 Å². The Labute approximate surface area is 246 Å². The van der Waals surface area contributed by atoms with Crippen LogP contribution in [0.25, 0.3) is 0 Å². The molecule has 0 radical (unpaired) electrons. The highest BCUT2D eigenvalue weighted by atomic mass is 16.2. The molecule has 1 aromatic carbocycles. The van der Waals surface area contributed by atoms with Gasteiger partial charge in [-0.15, -0.1) is 0 Å². The number of nitrogens with one attached hydrogen (secondary N) is 3. The Balaban J connectivity index is 1.73. The molecular formula is C33H36N6O3. The third-order valence-electron chi connectivity index (χ3n) is 7.35. The van der Waals surface area contributed by atoms with Crippen LogP contribution in [-0.2, 0) is 38.9 Å². The van der Waals surface area contributed by atoms with Crippen LogP contribution in [0.4, 0.5) is 0 Å². The Hall–Kier alpha value is -4.92. The Bertz CT molecular complexity index is 1320. The fourth-order valence-corrected chi connectivity index (χ4v) is 5.34. The van der Waals surface area contributed by atoms with Gasteiger partial charge in [0.2, 0.25) is 0 Å². The molecule has 0 aliphatic heterocycles. The van der Waals surface area contributed by atoms with E-state index >= 15 is 0 Å². The van der Waals surface area contributed by atoms with Gasteiger partial charge >= 0.3 is 0 Å². The molecule has 9 nitrogen and oxygen atoms in total. The van der Waals surface area contributed by atoms with Crippen molar-refractivity contribution in [2.24, 2.45) is 0 Å². The molecule has 0 unspecified atom stereocenters. The predicted molar refractivity (Wildman–Crippen MR) is 161 cm³/mol. The van der Waals surface area contributed by atoms with E-state index in [0.29, 0.717) is 55.6 Å². The number of carbonyl (C=O) groups excluding carboxylic acids is 3. The molecule has 216 valence electrons. The molecule has 9 heteroatoms. The number of aromatic nitrogens is 3. The normalized spacial score (nSPS) is 10.6. The van der Waals surface area contributed by atoms with Gasteiger partial charge < -0.3 is 16.0 Å². The molecule has 0 bridgehead atoms. The lowest BCUT2D eigenvalue weighted by atomic mass is 9.83. The summed E-state index contributed by atoms with van der Waals surface area (Å²) in [7, 11) is 0. The fraction of sp³-hybridized carbons (Fsp3) is 0.273. The lowest BCUT2D eigenvalue weighted by Gasteiger charge is -2.27. The number of benzene rings is 1. The smallest absolute Gasteiger partial charge is 0.251 e. The Kier molecular flexibility index (Phi) is 10.5. The van der Waals surface area contributed by atoms with Crippen LogP contribution < -0.4 is 16.0 Å². The van der Waals surface area contributed by atoms with Gasteiger partial charge in [-0.05, 0) is 89.0 Å². The molecule has 3 amide bonds. The topological polar surface area (TPSA) is 126 Å². The summed E-state index contributed by atoms with van der Waals surface area (Å²) in [5.41, 5.74) is 7.92. The van der Waals surface area contributed by atoms with Crippen LogP contribution in [0.3, 0.4) is 0 Å². The maximum atomic E-state index is 13.0. The van der Waals surface area contributed by atoms with Gasteiger partial charge in [0.25, 0.3) is 17.7 Å². The van der Waals surface area contributed by atoms with E-state index in [2.05, 4.69) is 51.7 Å². The van der Waals surface area contributed by atoms with Gasteiger partial charge in [-0.2, -0.15) is 0 Å². The van der Waals surface area contributed by atoms with Crippen LogP contribution in [0.2, 0.25) is 0 Å². The quantitative estimate of drug-likeness (QED) is 0.235. The summed E-state index contributed by atoms with van der Waals surface area (Å²) in [5, 5.41) is 9.25. The maximum absolute atomic E-state index is 13.0. The van der Waals surface area contributed by atoms with Gasteiger partial charge in [0, 0.05) is 73.5 Å². The molecule has 3 heterocycles. The second-order valence-electron chi connectivity index (χ2n) is 9.69. The van der Waals surface area contributed by atoms with E-state index in [1.807, 2.05) is 0 Å². The molecular weight excluding hydrogens is 528 g/mol. The third kappa shape index (κ3) is 7.04. The van der Waals surface area contributed by atoms with Crippen molar-refractivity contribution in [3.8, 4) is 0 Å². The zero-order valence-electron chi connectivity index (χ0n) is 24.2. The molecule has 4 aromatic rings. The number of hydrogen-bond acceptors (Lipinski definition) is 6. The van der Waals surface area contributed by atoms with Crippen molar-refractivity contribution in [2.75, 3.05) is 0 Å². The lowest BCUT2D eigenvalue weighted by Crippen LogP contribution is -2.30. The van der Waals surface area contributed by atoms with E-state index in [9.17, 15) is 14.4 Å². The summed E-state index contributed by atoms with van der Waals surface area (Å²) < 4.78 is 0. The van der Waals surface area contributed by atoms with Gasteiger partial charge in [-0.1, -0.05) is 20.8 Å². The summed E-state index contributed by atoms with van der Waals surface area (Å²) in [6.45, 7) is 7.20. The number of rotatable bonds is 12. The summed E-state index contributed by atoms with van der Waals surface area (Å²) in [4.78, 5) is 51.0. The lowest BCUT2D eigenvalue weighted by molar-refractivity contribution is 0.0943. The van der Waals surface area contributed by atoms with Crippen LogP contribution in [0.5, 0.6) is 0 Å². The molecule has 0 aliphatic rings. The molecule has 3 aromatic heterocycles. The van der Waals surface area contributed by atoms with E-state index in [4.69, 9.17) is 0 Å². The minimum atomic E-state index is -0.193. The standard InChI is InChI=1S/C33H36N6O3/c1-4-25-28(19-37-31(40)22-7-13-34-14-8-22)26(5-2)30(21-39-33(42)24-11-17-36-18-12-24)27(6-3)29(25)20-38-32(41)23-9-15-35-16-10-23/h7-18H,4-6,19-21H2,1-3H3,(H,37,40)(H,38,41)(H,39,42). The second kappa shape index (κ2) is 14.6. The molecule has 0 fully saturated rings. The van der Waals surface area contributed by atoms with E-state index in [0.717, 1.165) is 33.4 Å². The number of pyridine rings is 3. The van der Waals surface area contributed by atoms with Gasteiger partial charge in [0.05, 0.1) is 0 Å². The van der Waals surface area contributed by atoms with Crippen molar-refractivity contribution in [2.45, 2.75) is 59.7 Å². The summed E-state index contributed by atoms with van der Waals surface area (Å²) in [5.74, 6) is -0.580. The second-order valence-corrected chi connectivity index (χ2v) is 9.69. The molecule has 0 saturated carbocycles. The van der Waals surface area contributed by atoms with Gasteiger partial charge in [0.15, 0.2) is 0 Å². The Morgan fingerprint density at radius 1 is 0.452 bits per heavy atom. The van der Waals surface area contributed by atoms with Crippen molar-refractivity contribution in [3.63, 3.8) is 0 Å². The first kappa shape index (κ1) is 30.0. The van der Waals surface area contributed by atoms with E-state index in [-0.39, 0.29) is 17.7 Å². The molecule has 0 spiro atoms. The van der Waals surface area contributed by atoms with E-state index in [1.54, 1.807) is 73.6 Å². The first-order chi connectivity index (χ1) is 20.5. The van der Waals surface area contributed by atoms with E-state index < -0.39 is 0 Å². The SMILES string of the molecule is CCc1c(CNC(=O)c2ccncc2)c(CC)c(CNC(=O)c2ccncc2)c(CC)c1CNC(=O)c1ccncc1. The predicted octanol–water partition coefficient (Wildman–Crippen LogP) is 4.35. The van der Waals surface area contributed by atoms with Crippen LogP contribution in [0.15, 0.2) is 73.6 Å². The largest absolute Gasteiger partial charge is 0.348 e. The summed E-state index contributed by atoms with van der Waals surface area (Å²) in [6, 6.07) is 10.1. The average molecular weight is 565 g/mol. The minimum absolute atomic E-state index is 0.193. The first-order valence-corrected chi connectivity index (χ1v) is 14.2. The van der Waals surface area contributed by atoms with Gasteiger partial charge in [0.1, 0.15) is 0 Å². The molecule has 4 rings (SSSR count). The fourth-order valence-electron chi connectivity index (χ4n) is 5.34. The summed E-state index contributed by atoms with van der Waals surface area (Å²) in [6.07, 6.45) is 11.7.